The van der Waals surface area contributed by atoms with Crippen molar-refractivity contribution in [1.29, 1.82) is 0 Å². The third-order valence-corrected chi connectivity index (χ3v) is 3.82. The monoisotopic (exact) mass is 356 g/mol. The quantitative estimate of drug-likeness (QED) is 0.646. The van der Waals surface area contributed by atoms with Crippen LogP contribution in [-0.2, 0) is 6.61 Å². The summed E-state index contributed by atoms with van der Waals surface area (Å²) in [6.45, 7) is -0.000551. The average molecular weight is 357 g/mol. The lowest BCUT2D eigenvalue weighted by Gasteiger charge is -2.11. The number of aromatic nitrogens is 2. The summed E-state index contributed by atoms with van der Waals surface area (Å²) in [5, 5.41) is 12.9. The lowest BCUT2D eigenvalue weighted by atomic mass is 10.1. The van der Waals surface area contributed by atoms with E-state index in [1.165, 1.54) is 0 Å². The first kappa shape index (κ1) is 17.0. The number of hydrogen-bond donors (Lipinski definition) is 3. The number of rotatable bonds is 5. The SMILES string of the molecule is COc1ccc(Cl)cc1-c1cc(Nc2ccc(CO)cc2)nc(N)n1. The van der Waals surface area contributed by atoms with Gasteiger partial charge in [-0.2, -0.15) is 4.98 Å². The predicted molar refractivity (Wildman–Crippen MR) is 99.1 cm³/mol. The molecule has 3 aromatic rings. The summed E-state index contributed by atoms with van der Waals surface area (Å²) in [7, 11) is 1.58. The second-order valence-corrected chi connectivity index (χ2v) is 5.76. The van der Waals surface area contributed by atoms with Crippen LogP contribution < -0.4 is 15.8 Å². The number of nitrogens with zero attached hydrogens (tertiary/aromatic N) is 2. The van der Waals surface area contributed by atoms with Crippen molar-refractivity contribution in [3.8, 4) is 17.0 Å². The summed E-state index contributed by atoms with van der Waals surface area (Å²) in [4.78, 5) is 8.49. The minimum atomic E-state index is -0.000551. The fourth-order valence-electron chi connectivity index (χ4n) is 2.39. The fourth-order valence-corrected chi connectivity index (χ4v) is 2.56. The zero-order chi connectivity index (χ0) is 17.8. The highest BCUT2D eigenvalue weighted by Gasteiger charge is 2.11. The molecule has 0 aliphatic heterocycles. The Hall–Kier alpha value is -2.83. The number of nitrogens with one attached hydrogen (secondary N) is 1. The lowest BCUT2D eigenvalue weighted by molar-refractivity contribution is 0.282. The molecule has 0 radical (unpaired) electrons. The fraction of sp³-hybridized carbons (Fsp3) is 0.111. The Bertz CT molecular complexity index is 885. The van der Waals surface area contributed by atoms with Gasteiger partial charge in [-0.3, -0.25) is 0 Å². The second-order valence-electron chi connectivity index (χ2n) is 5.32. The number of aliphatic hydroxyl groups excluding tert-OH is 1. The Morgan fingerprint density at radius 3 is 2.56 bits per heavy atom. The Balaban J connectivity index is 1.96. The second kappa shape index (κ2) is 7.38. The van der Waals surface area contributed by atoms with Gasteiger partial charge in [0.05, 0.1) is 19.4 Å². The lowest BCUT2D eigenvalue weighted by Crippen LogP contribution is -2.02. The van der Waals surface area contributed by atoms with Crippen LogP contribution >= 0.6 is 11.6 Å². The highest BCUT2D eigenvalue weighted by molar-refractivity contribution is 6.31. The van der Waals surface area contributed by atoms with Crippen LogP contribution in [0.2, 0.25) is 5.02 Å². The van der Waals surface area contributed by atoms with Crippen LogP contribution in [0.3, 0.4) is 0 Å². The van der Waals surface area contributed by atoms with Crippen LogP contribution in [0.5, 0.6) is 5.75 Å². The van der Waals surface area contributed by atoms with Gasteiger partial charge in [0.2, 0.25) is 5.95 Å². The van der Waals surface area contributed by atoms with Crippen molar-refractivity contribution in [1.82, 2.24) is 9.97 Å². The number of aliphatic hydroxyl groups is 1. The first-order chi connectivity index (χ1) is 12.1. The number of anilines is 3. The summed E-state index contributed by atoms with van der Waals surface area (Å²) in [5.41, 5.74) is 8.83. The van der Waals surface area contributed by atoms with Crippen molar-refractivity contribution in [3.63, 3.8) is 0 Å². The van der Waals surface area contributed by atoms with Gasteiger partial charge in [0.1, 0.15) is 11.6 Å². The minimum Gasteiger partial charge on any atom is -0.496 e. The summed E-state index contributed by atoms with van der Waals surface area (Å²) in [6.07, 6.45) is 0. The van der Waals surface area contributed by atoms with Crippen molar-refractivity contribution in [2.75, 3.05) is 18.2 Å². The number of nitrogen functional groups attached to an aromatic ring is 1. The van der Waals surface area contributed by atoms with Gasteiger partial charge >= 0.3 is 0 Å². The molecule has 0 aliphatic rings. The molecule has 0 fully saturated rings. The maximum Gasteiger partial charge on any atom is 0.222 e. The third-order valence-electron chi connectivity index (χ3n) is 3.59. The number of methoxy groups -OCH3 is 1. The van der Waals surface area contributed by atoms with Gasteiger partial charge in [-0.15, -0.1) is 0 Å². The normalized spacial score (nSPS) is 10.5. The number of halogens is 1. The van der Waals surface area contributed by atoms with Crippen LogP contribution in [0.1, 0.15) is 5.56 Å². The molecule has 6 nitrogen and oxygen atoms in total. The van der Waals surface area contributed by atoms with Crippen LogP contribution in [0.4, 0.5) is 17.5 Å². The zero-order valence-corrected chi connectivity index (χ0v) is 14.3. The molecule has 1 heterocycles. The summed E-state index contributed by atoms with van der Waals surface area (Å²) >= 11 is 6.10. The maximum atomic E-state index is 9.11. The number of ether oxygens (including phenoxy) is 1. The molecule has 25 heavy (non-hydrogen) atoms. The van der Waals surface area contributed by atoms with Crippen LogP contribution in [0.25, 0.3) is 11.3 Å². The van der Waals surface area contributed by atoms with Crippen molar-refractivity contribution in [2.45, 2.75) is 6.61 Å². The molecule has 0 atom stereocenters. The first-order valence-corrected chi connectivity index (χ1v) is 7.92. The van der Waals surface area contributed by atoms with Crippen LogP contribution in [0.15, 0.2) is 48.5 Å². The maximum absolute atomic E-state index is 9.11. The Labute approximate surface area is 150 Å². The van der Waals surface area contributed by atoms with Gasteiger partial charge in [-0.1, -0.05) is 23.7 Å². The molecule has 0 unspecified atom stereocenters. The zero-order valence-electron chi connectivity index (χ0n) is 13.5. The third kappa shape index (κ3) is 3.99. The standard InChI is InChI=1S/C18H17ClN4O2/c1-25-16-7-4-12(19)8-14(16)15-9-17(23-18(20)22-15)21-13-5-2-11(10-24)3-6-13/h2-9,24H,10H2,1H3,(H3,20,21,22,23). The van der Waals surface area contributed by atoms with E-state index in [2.05, 4.69) is 15.3 Å². The van der Waals surface area contributed by atoms with Gasteiger partial charge in [-0.25, -0.2) is 4.98 Å². The summed E-state index contributed by atoms with van der Waals surface area (Å²) in [5.74, 6) is 1.32. The highest BCUT2D eigenvalue weighted by Crippen LogP contribution is 2.33. The van der Waals surface area contributed by atoms with Crippen LogP contribution in [-0.4, -0.2) is 22.2 Å². The van der Waals surface area contributed by atoms with Gasteiger partial charge in [-0.05, 0) is 35.9 Å². The van der Waals surface area contributed by atoms with Crippen molar-refractivity contribution >= 4 is 29.1 Å². The molecule has 0 bridgehead atoms. The smallest absolute Gasteiger partial charge is 0.222 e. The molecule has 1 aromatic heterocycles. The molecule has 2 aromatic carbocycles. The first-order valence-electron chi connectivity index (χ1n) is 7.54. The average Bonchev–Trinajstić information content (AvgIpc) is 2.62. The van der Waals surface area contributed by atoms with E-state index in [4.69, 9.17) is 27.2 Å². The molecule has 128 valence electrons. The van der Waals surface area contributed by atoms with Gasteiger partial charge in [0.15, 0.2) is 0 Å². The van der Waals surface area contributed by atoms with Gasteiger partial charge < -0.3 is 20.9 Å². The number of hydrogen-bond acceptors (Lipinski definition) is 6. The number of nitrogens with two attached hydrogens (primary N) is 1. The van der Waals surface area contributed by atoms with Crippen LogP contribution in [0, 0.1) is 0 Å². The summed E-state index contributed by atoms with van der Waals surface area (Å²) in [6, 6.07) is 14.4. The van der Waals surface area contributed by atoms with E-state index in [-0.39, 0.29) is 12.6 Å². The van der Waals surface area contributed by atoms with Crippen molar-refractivity contribution < 1.29 is 9.84 Å². The molecule has 3 rings (SSSR count). The van der Waals surface area contributed by atoms with E-state index in [1.54, 1.807) is 31.4 Å². The molecule has 4 N–H and O–H groups in total. The van der Waals surface area contributed by atoms with Gasteiger partial charge in [0.25, 0.3) is 0 Å². The summed E-state index contributed by atoms with van der Waals surface area (Å²) < 4.78 is 5.37. The molecular weight excluding hydrogens is 340 g/mol. The van der Waals surface area contributed by atoms with E-state index in [9.17, 15) is 0 Å². The molecule has 0 saturated carbocycles. The highest BCUT2D eigenvalue weighted by atomic mass is 35.5. The van der Waals surface area contributed by atoms with E-state index < -0.39 is 0 Å². The Kier molecular flexibility index (Phi) is 5.02. The van der Waals surface area contributed by atoms with E-state index >= 15 is 0 Å². The minimum absolute atomic E-state index is 0.000551. The van der Waals surface area contributed by atoms with E-state index in [1.807, 2.05) is 24.3 Å². The van der Waals surface area contributed by atoms with E-state index in [0.29, 0.717) is 22.3 Å². The number of benzene rings is 2. The Morgan fingerprint density at radius 2 is 1.88 bits per heavy atom. The predicted octanol–water partition coefficient (Wildman–Crippen LogP) is 3.62. The molecule has 0 aliphatic carbocycles. The van der Waals surface area contributed by atoms with Crippen molar-refractivity contribution in [3.05, 3.63) is 59.1 Å². The molecule has 7 heteroatoms. The molecule has 0 saturated heterocycles. The molecular formula is C18H17ClN4O2. The van der Waals surface area contributed by atoms with E-state index in [0.717, 1.165) is 16.8 Å². The molecule has 0 amide bonds. The topological polar surface area (TPSA) is 93.3 Å². The van der Waals surface area contributed by atoms with Crippen molar-refractivity contribution in [2.24, 2.45) is 0 Å². The largest absolute Gasteiger partial charge is 0.496 e. The Morgan fingerprint density at radius 1 is 1.12 bits per heavy atom. The van der Waals surface area contributed by atoms with Gasteiger partial charge in [0, 0.05) is 22.3 Å². The molecule has 0 spiro atoms.